The van der Waals surface area contributed by atoms with E-state index in [9.17, 15) is 0 Å². The van der Waals surface area contributed by atoms with Crippen LogP contribution in [-0.4, -0.2) is 15.0 Å². The normalized spacial score (nSPS) is 10.8. The largest absolute Gasteiger partial charge is 0.463 e. The minimum absolute atomic E-state index is 0.164. The van der Waals surface area contributed by atoms with E-state index in [2.05, 4.69) is 15.0 Å². The Labute approximate surface area is 95.9 Å². The summed E-state index contributed by atoms with van der Waals surface area (Å²) in [5, 5.41) is 0.986. The van der Waals surface area contributed by atoms with E-state index in [1.165, 1.54) is 0 Å². The van der Waals surface area contributed by atoms with Crippen molar-refractivity contribution in [3.05, 3.63) is 42.0 Å². The van der Waals surface area contributed by atoms with Crippen LogP contribution in [0.4, 0.5) is 0 Å². The average molecular weight is 232 g/mol. The molecule has 0 amide bonds. The van der Waals surface area contributed by atoms with Crippen molar-refractivity contribution >= 4 is 22.6 Å². The van der Waals surface area contributed by atoms with Gasteiger partial charge in [-0.15, -0.1) is 0 Å². The van der Waals surface area contributed by atoms with Gasteiger partial charge in [-0.05, 0) is 35.9 Å². The monoisotopic (exact) mass is 231 g/mol. The van der Waals surface area contributed by atoms with Gasteiger partial charge in [0, 0.05) is 11.6 Å². The highest BCUT2D eigenvalue weighted by Gasteiger charge is 2.10. The molecule has 4 nitrogen and oxygen atoms in total. The van der Waals surface area contributed by atoms with Crippen molar-refractivity contribution in [1.29, 1.82) is 0 Å². The first-order chi connectivity index (χ1) is 7.84. The van der Waals surface area contributed by atoms with Gasteiger partial charge in [-0.2, -0.15) is 4.98 Å². The number of halogens is 1. The van der Waals surface area contributed by atoms with Crippen LogP contribution in [0, 0.1) is 0 Å². The number of pyridine rings is 1. The number of furan rings is 1. The van der Waals surface area contributed by atoms with Crippen LogP contribution in [0.3, 0.4) is 0 Å². The molecule has 5 heteroatoms. The van der Waals surface area contributed by atoms with E-state index in [0.717, 1.165) is 5.39 Å². The van der Waals surface area contributed by atoms with E-state index in [4.69, 9.17) is 16.0 Å². The smallest absolute Gasteiger partial charge is 0.225 e. The number of rotatable bonds is 1. The SMILES string of the molecule is Clc1nc(-c2ccco2)c2cccnc2n1. The Balaban J connectivity index is 2.39. The lowest BCUT2D eigenvalue weighted by atomic mass is 10.2. The third-order valence-corrected chi connectivity index (χ3v) is 2.37. The molecule has 0 aliphatic carbocycles. The molecule has 3 aromatic rings. The minimum atomic E-state index is 0.164. The number of hydrogen-bond donors (Lipinski definition) is 0. The van der Waals surface area contributed by atoms with Crippen LogP contribution >= 0.6 is 11.6 Å². The van der Waals surface area contributed by atoms with Crippen molar-refractivity contribution in [2.45, 2.75) is 0 Å². The fourth-order valence-electron chi connectivity index (χ4n) is 1.54. The van der Waals surface area contributed by atoms with Gasteiger partial charge in [0.25, 0.3) is 0 Å². The lowest BCUT2D eigenvalue weighted by Crippen LogP contribution is -1.91. The number of fused-ring (bicyclic) bond motifs is 1. The van der Waals surface area contributed by atoms with E-state index < -0.39 is 0 Å². The van der Waals surface area contributed by atoms with Gasteiger partial charge >= 0.3 is 0 Å². The van der Waals surface area contributed by atoms with Gasteiger partial charge < -0.3 is 4.42 Å². The Bertz CT molecular complexity index is 637. The van der Waals surface area contributed by atoms with Gasteiger partial charge in [0.2, 0.25) is 5.28 Å². The molecular formula is C11H6ClN3O. The molecule has 3 aromatic heterocycles. The Kier molecular flexibility index (Phi) is 2.08. The van der Waals surface area contributed by atoms with E-state index in [0.29, 0.717) is 17.1 Å². The molecular weight excluding hydrogens is 226 g/mol. The summed E-state index contributed by atoms with van der Waals surface area (Å²) in [5.41, 5.74) is 1.22. The van der Waals surface area contributed by atoms with Crippen molar-refractivity contribution in [3.63, 3.8) is 0 Å². The second-order valence-corrected chi connectivity index (χ2v) is 3.53. The molecule has 0 unspecified atom stereocenters. The molecule has 0 fully saturated rings. The van der Waals surface area contributed by atoms with Crippen molar-refractivity contribution in [3.8, 4) is 11.5 Å². The van der Waals surface area contributed by atoms with E-state index in [1.54, 1.807) is 18.5 Å². The Morgan fingerprint density at radius 2 is 2.06 bits per heavy atom. The Morgan fingerprint density at radius 3 is 2.88 bits per heavy atom. The molecule has 0 spiro atoms. The van der Waals surface area contributed by atoms with Crippen molar-refractivity contribution in [2.24, 2.45) is 0 Å². The zero-order chi connectivity index (χ0) is 11.0. The number of aromatic nitrogens is 3. The van der Waals surface area contributed by atoms with Gasteiger partial charge in [0.1, 0.15) is 5.69 Å². The maximum absolute atomic E-state index is 5.84. The molecule has 0 atom stereocenters. The van der Waals surface area contributed by atoms with Crippen LogP contribution < -0.4 is 0 Å². The first kappa shape index (κ1) is 9.30. The second kappa shape index (κ2) is 3.57. The van der Waals surface area contributed by atoms with Gasteiger partial charge in [-0.1, -0.05) is 0 Å². The Hall–Kier alpha value is -1.94. The second-order valence-electron chi connectivity index (χ2n) is 3.19. The van der Waals surface area contributed by atoms with Crippen LogP contribution in [-0.2, 0) is 0 Å². The quantitative estimate of drug-likeness (QED) is 0.604. The molecule has 0 saturated carbocycles. The summed E-state index contributed by atoms with van der Waals surface area (Å²) < 4.78 is 5.31. The van der Waals surface area contributed by atoms with Crippen LogP contribution in [0.2, 0.25) is 5.28 Å². The maximum Gasteiger partial charge on any atom is 0.225 e. The molecule has 0 aromatic carbocycles. The van der Waals surface area contributed by atoms with Crippen LogP contribution in [0.25, 0.3) is 22.5 Å². The van der Waals surface area contributed by atoms with Crippen molar-refractivity contribution < 1.29 is 4.42 Å². The summed E-state index contributed by atoms with van der Waals surface area (Å²) in [6.07, 6.45) is 3.26. The molecule has 0 aliphatic rings. The van der Waals surface area contributed by atoms with E-state index in [-0.39, 0.29) is 5.28 Å². The van der Waals surface area contributed by atoms with Crippen molar-refractivity contribution in [1.82, 2.24) is 15.0 Å². The summed E-state index contributed by atoms with van der Waals surface area (Å²) in [5.74, 6) is 0.655. The number of hydrogen-bond acceptors (Lipinski definition) is 4. The fraction of sp³-hybridized carbons (Fsp3) is 0. The average Bonchev–Trinajstić information content (AvgIpc) is 2.81. The predicted octanol–water partition coefficient (Wildman–Crippen LogP) is 2.94. The lowest BCUT2D eigenvalue weighted by molar-refractivity contribution is 0.580. The first-order valence-electron chi connectivity index (χ1n) is 4.67. The molecule has 0 bridgehead atoms. The zero-order valence-electron chi connectivity index (χ0n) is 8.09. The predicted molar refractivity (Wildman–Crippen MR) is 60.0 cm³/mol. The number of nitrogens with zero attached hydrogens (tertiary/aromatic N) is 3. The summed E-state index contributed by atoms with van der Waals surface area (Å²) in [4.78, 5) is 12.3. The zero-order valence-corrected chi connectivity index (χ0v) is 8.85. The van der Waals surface area contributed by atoms with Gasteiger partial charge in [-0.25, -0.2) is 9.97 Å². The molecule has 3 rings (SSSR count). The fourth-order valence-corrected chi connectivity index (χ4v) is 1.70. The summed E-state index contributed by atoms with van der Waals surface area (Å²) in [7, 11) is 0. The highest BCUT2D eigenvalue weighted by molar-refractivity contribution is 6.28. The molecule has 16 heavy (non-hydrogen) atoms. The van der Waals surface area contributed by atoms with Gasteiger partial charge in [-0.3, -0.25) is 0 Å². The van der Waals surface area contributed by atoms with Crippen LogP contribution in [0.15, 0.2) is 41.1 Å². The first-order valence-corrected chi connectivity index (χ1v) is 5.04. The van der Waals surface area contributed by atoms with Crippen LogP contribution in [0.1, 0.15) is 0 Å². The summed E-state index contributed by atoms with van der Waals surface area (Å²) >= 11 is 5.84. The van der Waals surface area contributed by atoms with E-state index in [1.807, 2.05) is 18.2 Å². The van der Waals surface area contributed by atoms with Gasteiger partial charge in [0.15, 0.2) is 11.4 Å². The highest BCUT2D eigenvalue weighted by Crippen LogP contribution is 2.26. The minimum Gasteiger partial charge on any atom is -0.463 e. The standard InChI is InChI=1S/C11H6ClN3O/c12-11-14-9(8-4-2-6-16-8)7-3-1-5-13-10(7)15-11/h1-6H. The molecule has 0 saturated heterocycles. The topological polar surface area (TPSA) is 51.8 Å². The molecule has 78 valence electrons. The third-order valence-electron chi connectivity index (χ3n) is 2.20. The Morgan fingerprint density at radius 1 is 1.12 bits per heavy atom. The molecule has 0 radical (unpaired) electrons. The third kappa shape index (κ3) is 1.44. The molecule has 0 aliphatic heterocycles. The summed E-state index contributed by atoms with van der Waals surface area (Å²) in [6.45, 7) is 0. The summed E-state index contributed by atoms with van der Waals surface area (Å²) in [6, 6.07) is 7.33. The van der Waals surface area contributed by atoms with E-state index >= 15 is 0 Å². The molecule has 3 heterocycles. The maximum atomic E-state index is 5.84. The lowest BCUT2D eigenvalue weighted by Gasteiger charge is -2.01. The molecule has 0 N–H and O–H groups in total. The van der Waals surface area contributed by atoms with Gasteiger partial charge in [0.05, 0.1) is 6.26 Å². The van der Waals surface area contributed by atoms with Crippen molar-refractivity contribution in [2.75, 3.05) is 0 Å². The van der Waals surface area contributed by atoms with Crippen LogP contribution in [0.5, 0.6) is 0 Å². The highest BCUT2D eigenvalue weighted by atomic mass is 35.5.